The first kappa shape index (κ1) is 23.4. The zero-order valence-corrected chi connectivity index (χ0v) is 20.7. The van der Waals surface area contributed by atoms with Crippen molar-refractivity contribution in [2.75, 3.05) is 18.9 Å². The molecule has 0 bridgehead atoms. The van der Waals surface area contributed by atoms with E-state index in [9.17, 15) is 14.4 Å². The number of imide groups is 1. The number of pyridine rings is 1. The summed E-state index contributed by atoms with van der Waals surface area (Å²) in [6, 6.07) is 28.1. The zero-order valence-electron chi connectivity index (χ0n) is 20.7. The van der Waals surface area contributed by atoms with E-state index in [0.29, 0.717) is 17.1 Å². The maximum atomic E-state index is 13.3. The average molecular weight is 504 g/mol. The summed E-state index contributed by atoms with van der Waals surface area (Å²) in [6.07, 6.45) is 0. The molecule has 8 nitrogen and oxygen atoms in total. The molecule has 38 heavy (non-hydrogen) atoms. The number of benzene rings is 3. The predicted octanol–water partition coefficient (Wildman–Crippen LogP) is 5.03. The number of nitrogens with zero attached hydrogens (tertiary/aromatic N) is 3. The highest BCUT2D eigenvalue weighted by Crippen LogP contribution is 2.43. The normalized spacial score (nSPS) is 14.4. The van der Waals surface area contributed by atoms with Crippen molar-refractivity contribution in [3.05, 3.63) is 108 Å². The summed E-state index contributed by atoms with van der Waals surface area (Å²) in [5.41, 5.74) is 6.74. The van der Waals surface area contributed by atoms with Crippen molar-refractivity contribution in [3.63, 3.8) is 0 Å². The molecule has 0 saturated carbocycles. The Kier molecular flexibility index (Phi) is 5.84. The molecule has 2 aliphatic rings. The largest absolute Gasteiger partial charge is 0.327 e. The molecule has 2 N–H and O–H groups in total. The number of fused-ring (bicyclic) bond motifs is 3. The smallest absolute Gasteiger partial charge is 0.327 e. The van der Waals surface area contributed by atoms with Crippen LogP contribution in [0.15, 0.2) is 91.0 Å². The van der Waals surface area contributed by atoms with Gasteiger partial charge in [0.2, 0.25) is 0 Å². The highest BCUT2D eigenvalue weighted by atomic mass is 16.2. The summed E-state index contributed by atoms with van der Waals surface area (Å²) >= 11 is 0. The summed E-state index contributed by atoms with van der Waals surface area (Å²) in [5.74, 6) is -0.265. The van der Waals surface area contributed by atoms with Crippen LogP contribution >= 0.6 is 0 Å². The second-order valence-electron chi connectivity index (χ2n) is 9.39. The van der Waals surface area contributed by atoms with Crippen LogP contribution < -0.4 is 10.6 Å². The van der Waals surface area contributed by atoms with E-state index in [1.165, 1.54) is 9.80 Å². The van der Waals surface area contributed by atoms with Crippen molar-refractivity contribution in [2.24, 2.45) is 0 Å². The molecule has 1 aromatic heterocycles. The number of aromatic nitrogens is 1. The molecule has 3 aromatic carbocycles. The predicted molar refractivity (Wildman–Crippen MR) is 144 cm³/mol. The third-order valence-electron chi connectivity index (χ3n) is 6.91. The number of nitrogens with one attached hydrogen (secondary N) is 2. The van der Waals surface area contributed by atoms with Gasteiger partial charge < -0.3 is 15.5 Å². The lowest BCUT2D eigenvalue weighted by atomic mass is 10.1. The van der Waals surface area contributed by atoms with E-state index in [2.05, 4.69) is 22.8 Å². The second-order valence-corrected chi connectivity index (χ2v) is 9.39. The highest BCUT2D eigenvalue weighted by molar-refractivity contribution is 6.01. The molecule has 0 unspecified atom stereocenters. The molecule has 5 amide bonds. The van der Waals surface area contributed by atoms with E-state index in [-0.39, 0.29) is 37.1 Å². The number of anilines is 1. The molecule has 2 heterocycles. The van der Waals surface area contributed by atoms with E-state index < -0.39 is 0 Å². The lowest BCUT2D eigenvalue weighted by Crippen LogP contribution is -2.33. The Labute approximate surface area is 219 Å². The first-order valence-electron chi connectivity index (χ1n) is 12.4. The summed E-state index contributed by atoms with van der Waals surface area (Å²) < 4.78 is 0. The standard InChI is InChI=1S/C30H25N5O3/c1-34-18-26(36)35(30(34)38)17-20-15-16-25(27(31-20)19-9-3-2-4-10-19)32-29(37)33-28-23-13-7-5-11-21(23)22-12-6-8-14-24(22)28/h2-16,28H,17-18H2,1H3,(H2,32,33,37). The van der Waals surface area contributed by atoms with E-state index in [1.807, 2.05) is 66.7 Å². The van der Waals surface area contributed by atoms with Crippen LogP contribution in [0.2, 0.25) is 0 Å². The minimum absolute atomic E-state index is 0.0532. The van der Waals surface area contributed by atoms with Gasteiger partial charge in [-0.3, -0.25) is 9.69 Å². The van der Waals surface area contributed by atoms with Gasteiger partial charge in [0.05, 0.1) is 29.7 Å². The maximum absolute atomic E-state index is 13.3. The topological polar surface area (TPSA) is 94.6 Å². The van der Waals surface area contributed by atoms with Gasteiger partial charge in [0.15, 0.2) is 0 Å². The highest BCUT2D eigenvalue weighted by Gasteiger charge is 2.34. The SMILES string of the molecule is CN1CC(=O)N(Cc2ccc(NC(=O)NC3c4ccccc4-c4ccccc43)c(-c3ccccc3)n2)C1=O. The Bertz CT molecular complexity index is 1520. The van der Waals surface area contributed by atoms with Crippen LogP contribution in [-0.2, 0) is 11.3 Å². The van der Waals surface area contributed by atoms with Crippen molar-refractivity contribution >= 4 is 23.7 Å². The number of carbonyl (C=O) groups is 3. The van der Waals surface area contributed by atoms with Crippen LogP contribution in [0.3, 0.4) is 0 Å². The lowest BCUT2D eigenvalue weighted by molar-refractivity contribution is -0.125. The van der Waals surface area contributed by atoms with Gasteiger partial charge in [-0.05, 0) is 34.4 Å². The van der Waals surface area contributed by atoms with Crippen molar-refractivity contribution < 1.29 is 14.4 Å². The van der Waals surface area contributed by atoms with Crippen molar-refractivity contribution in [2.45, 2.75) is 12.6 Å². The van der Waals surface area contributed by atoms with Crippen LogP contribution in [-0.4, -0.2) is 46.3 Å². The summed E-state index contributed by atoms with van der Waals surface area (Å²) in [7, 11) is 1.59. The third kappa shape index (κ3) is 4.16. The third-order valence-corrected chi connectivity index (χ3v) is 6.91. The van der Waals surface area contributed by atoms with E-state index in [0.717, 1.165) is 27.8 Å². The fourth-order valence-corrected chi connectivity index (χ4v) is 5.09. The van der Waals surface area contributed by atoms with Gasteiger partial charge in [0, 0.05) is 12.6 Å². The molecule has 1 fully saturated rings. The second kappa shape index (κ2) is 9.48. The molecule has 1 saturated heterocycles. The summed E-state index contributed by atoms with van der Waals surface area (Å²) in [6.45, 7) is 0.113. The van der Waals surface area contributed by atoms with Gasteiger partial charge in [0.1, 0.15) is 6.54 Å². The number of hydrogen-bond donors (Lipinski definition) is 2. The number of hydrogen-bond acceptors (Lipinski definition) is 4. The monoisotopic (exact) mass is 503 g/mol. The molecule has 4 aromatic rings. The summed E-state index contributed by atoms with van der Waals surface area (Å²) in [4.78, 5) is 45.3. The molecular formula is C30H25N5O3. The van der Waals surface area contributed by atoms with Crippen LogP contribution in [0.25, 0.3) is 22.4 Å². The van der Waals surface area contributed by atoms with Crippen LogP contribution in [0.5, 0.6) is 0 Å². The molecule has 188 valence electrons. The van der Waals surface area contributed by atoms with Gasteiger partial charge >= 0.3 is 12.1 Å². The van der Waals surface area contributed by atoms with Crippen molar-refractivity contribution in [1.29, 1.82) is 0 Å². The van der Waals surface area contributed by atoms with Crippen LogP contribution in [0.1, 0.15) is 22.9 Å². The number of carbonyl (C=O) groups excluding carboxylic acids is 3. The number of amides is 5. The first-order valence-corrected chi connectivity index (χ1v) is 12.4. The van der Waals surface area contributed by atoms with E-state index in [4.69, 9.17) is 4.98 Å². The summed E-state index contributed by atoms with van der Waals surface area (Å²) in [5, 5.41) is 6.10. The molecular weight excluding hydrogens is 478 g/mol. The number of rotatable bonds is 5. The Hall–Kier alpha value is -4.98. The average Bonchev–Trinajstić information content (AvgIpc) is 3.38. The quantitative estimate of drug-likeness (QED) is 0.373. The first-order chi connectivity index (χ1) is 18.5. The lowest BCUT2D eigenvalue weighted by Gasteiger charge is -2.19. The Morgan fingerprint density at radius 3 is 2.13 bits per heavy atom. The Balaban J connectivity index is 1.28. The van der Waals surface area contributed by atoms with Gasteiger partial charge in [-0.1, -0.05) is 78.9 Å². The molecule has 0 radical (unpaired) electrons. The Morgan fingerprint density at radius 2 is 1.50 bits per heavy atom. The zero-order chi connectivity index (χ0) is 26.2. The fraction of sp³-hybridized carbons (Fsp3) is 0.133. The molecule has 1 aliphatic carbocycles. The number of urea groups is 2. The molecule has 6 rings (SSSR count). The van der Waals surface area contributed by atoms with Gasteiger partial charge in [-0.25, -0.2) is 14.6 Å². The Morgan fingerprint density at radius 1 is 0.868 bits per heavy atom. The van der Waals surface area contributed by atoms with Crippen LogP contribution in [0.4, 0.5) is 15.3 Å². The molecule has 0 spiro atoms. The minimum atomic E-state index is -0.361. The van der Waals surface area contributed by atoms with Gasteiger partial charge in [0.25, 0.3) is 5.91 Å². The van der Waals surface area contributed by atoms with Crippen molar-refractivity contribution in [3.8, 4) is 22.4 Å². The maximum Gasteiger partial charge on any atom is 0.327 e. The van der Waals surface area contributed by atoms with Crippen LogP contribution in [0, 0.1) is 0 Å². The number of likely N-dealkylation sites (N-methyl/N-ethyl adjacent to an activating group) is 1. The fourth-order valence-electron chi connectivity index (χ4n) is 5.09. The minimum Gasteiger partial charge on any atom is -0.327 e. The van der Waals surface area contributed by atoms with Gasteiger partial charge in [-0.15, -0.1) is 0 Å². The molecule has 8 heteroatoms. The van der Waals surface area contributed by atoms with Gasteiger partial charge in [-0.2, -0.15) is 0 Å². The van der Waals surface area contributed by atoms with E-state index in [1.54, 1.807) is 19.2 Å². The van der Waals surface area contributed by atoms with Crippen molar-refractivity contribution in [1.82, 2.24) is 20.1 Å². The molecule has 1 aliphatic heterocycles. The molecule has 0 atom stereocenters. The van der Waals surface area contributed by atoms with E-state index >= 15 is 0 Å².